The molecule has 18 heavy (non-hydrogen) atoms. The fraction of sp³-hybridized carbons (Fsp3) is 0.417. The summed E-state index contributed by atoms with van der Waals surface area (Å²) >= 11 is 0. The fourth-order valence-electron chi connectivity index (χ4n) is 1.56. The van der Waals surface area contributed by atoms with Crippen molar-refractivity contribution in [3.63, 3.8) is 0 Å². The van der Waals surface area contributed by atoms with Gasteiger partial charge in [-0.15, -0.1) is 0 Å². The SMILES string of the molecule is Cc1cc(F)cc(C(=O)C(N)CCS(C)(=O)=O)c1. The van der Waals surface area contributed by atoms with Crippen LogP contribution >= 0.6 is 0 Å². The average molecular weight is 273 g/mol. The van der Waals surface area contributed by atoms with Crippen LogP contribution in [0.15, 0.2) is 18.2 Å². The van der Waals surface area contributed by atoms with E-state index in [0.29, 0.717) is 5.56 Å². The summed E-state index contributed by atoms with van der Waals surface area (Å²) in [5.41, 5.74) is 6.41. The third kappa shape index (κ3) is 4.54. The molecular weight excluding hydrogens is 257 g/mol. The van der Waals surface area contributed by atoms with Gasteiger partial charge in [0.1, 0.15) is 15.7 Å². The summed E-state index contributed by atoms with van der Waals surface area (Å²) in [6.45, 7) is 1.67. The Bertz CT molecular complexity index is 534. The molecule has 1 atom stereocenters. The van der Waals surface area contributed by atoms with E-state index in [1.807, 2.05) is 0 Å². The molecule has 100 valence electrons. The van der Waals surface area contributed by atoms with Gasteiger partial charge in [0.2, 0.25) is 0 Å². The number of carbonyl (C=O) groups is 1. The highest BCUT2D eigenvalue weighted by Gasteiger charge is 2.18. The first-order chi connectivity index (χ1) is 8.19. The van der Waals surface area contributed by atoms with Crippen LogP contribution in [0.1, 0.15) is 22.3 Å². The Morgan fingerprint density at radius 3 is 2.50 bits per heavy atom. The van der Waals surface area contributed by atoms with Crippen LogP contribution in [-0.4, -0.2) is 32.3 Å². The van der Waals surface area contributed by atoms with Crippen LogP contribution in [0.2, 0.25) is 0 Å². The van der Waals surface area contributed by atoms with Gasteiger partial charge >= 0.3 is 0 Å². The Hall–Kier alpha value is -1.27. The first-order valence-electron chi connectivity index (χ1n) is 5.44. The molecule has 1 unspecified atom stereocenters. The molecule has 1 aromatic rings. The first-order valence-corrected chi connectivity index (χ1v) is 7.50. The van der Waals surface area contributed by atoms with Crippen LogP contribution in [0.3, 0.4) is 0 Å². The lowest BCUT2D eigenvalue weighted by atomic mass is 10.0. The monoisotopic (exact) mass is 273 g/mol. The average Bonchev–Trinajstić information content (AvgIpc) is 2.22. The molecule has 0 fully saturated rings. The lowest BCUT2D eigenvalue weighted by Crippen LogP contribution is -2.32. The summed E-state index contributed by atoms with van der Waals surface area (Å²) in [5.74, 6) is -1.11. The smallest absolute Gasteiger partial charge is 0.179 e. The second-order valence-electron chi connectivity index (χ2n) is 4.41. The molecule has 0 radical (unpaired) electrons. The maximum Gasteiger partial charge on any atom is 0.179 e. The highest BCUT2D eigenvalue weighted by molar-refractivity contribution is 7.90. The molecule has 0 heterocycles. The summed E-state index contributed by atoms with van der Waals surface area (Å²) in [4.78, 5) is 11.9. The Morgan fingerprint density at radius 2 is 2.00 bits per heavy atom. The Labute approximate surface area is 106 Å². The zero-order chi connectivity index (χ0) is 13.9. The van der Waals surface area contributed by atoms with Crippen molar-refractivity contribution < 1.29 is 17.6 Å². The largest absolute Gasteiger partial charge is 0.321 e. The zero-order valence-corrected chi connectivity index (χ0v) is 11.1. The van der Waals surface area contributed by atoms with Gasteiger partial charge in [-0.3, -0.25) is 4.79 Å². The van der Waals surface area contributed by atoms with E-state index in [2.05, 4.69) is 0 Å². The van der Waals surface area contributed by atoms with Crippen molar-refractivity contribution in [3.05, 3.63) is 35.1 Å². The molecule has 4 nitrogen and oxygen atoms in total. The number of hydrogen-bond acceptors (Lipinski definition) is 4. The third-order valence-electron chi connectivity index (χ3n) is 2.46. The van der Waals surface area contributed by atoms with Crippen molar-refractivity contribution in [1.29, 1.82) is 0 Å². The van der Waals surface area contributed by atoms with Crippen molar-refractivity contribution in [2.45, 2.75) is 19.4 Å². The normalized spacial score (nSPS) is 13.3. The summed E-state index contributed by atoms with van der Waals surface area (Å²) in [5, 5.41) is 0. The number of nitrogens with two attached hydrogens (primary N) is 1. The quantitative estimate of drug-likeness (QED) is 0.814. The van der Waals surface area contributed by atoms with Crippen molar-refractivity contribution in [3.8, 4) is 0 Å². The third-order valence-corrected chi connectivity index (χ3v) is 3.44. The van der Waals surface area contributed by atoms with Crippen LogP contribution in [-0.2, 0) is 9.84 Å². The van der Waals surface area contributed by atoms with E-state index in [1.54, 1.807) is 6.92 Å². The Balaban J connectivity index is 2.80. The summed E-state index contributed by atoms with van der Waals surface area (Å²) in [7, 11) is -3.16. The molecule has 0 aliphatic carbocycles. The van der Waals surface area contributed by atoms with E-state index in [-0.39, 0.29) is 17.7 Å². The topological polar surface area (TPSA) is 77.2 Å². The molecule has 0 saturated carbocycles. The van der Waals surface area contributed by atoms with E-state index in [4.69, 9.17) is 5.73 Å². The number of halogens is 1. The molecule has 0 bridgehead atoms. The van der Waals surface area contributed by atoms with Gasteiger partial charge in [-0.25, -0.2) is 12.8 Å². The minimum atomic E-state index is -3.16. The molecule has 0 aliphatic heterocycles. The molecule has 0 saturated heterocycles. The minimum absolute atomic E-state index is 0.0349. The predicted molar refractivity (Wildman–Crippen MR) is 67.8 cm³/mol. The summed E-state index contributed by atoms with van der Waals surface area (Å²) in [6.07, 6.45) is 1.11. The van der Waals surface area contributed by atoms with E-state index >= 15 is 0 Å². The van der Waals surface area contributed by atoms with Gasteiger partial charge in [0, 0.05) is 11.8 Å². The number of benzene rings is 1. The maximum absolute atomic E-state index is 13.1. The fourth-order valence-corrected chi connectivity index (χ4v) is 2.25. The highest BCUT2D eigenvalue weighted by atomic mass is 32.2. The van der Waals surface area contributed by atoms with Crippen molar-refractivity contribution in [2.75, 3.05) is 12.0 Å². The van der Waals surface area contributed by atoms with Gasteiger partial charge in [-0.1, -0.05) is 0 Å². The van der Waals surface area contributed by atoms with Gasteiger partial charge in [0.15, 0.2) is 5.78 Å². The molecule has 1 aromatic carbocycles. The summed E-state index contributed by atoms with van der Waals surface area (Å²) in [6, 6.07) is 3.01. The van der Waals surface area contributed by atoms with E-state index in [9.17, 15) is 17.6 Å². The van der Waals surface area contributed by atoms with Crippen molar-refractivity contribution >= 4 is 15.6 Å². The van der Waals surface area contributed by atoms with Gasteiger partial charge in [0.05, 0.1) is 11.8 Å². The van der Waals surface area contributed by atoms with Gasteiger partial charge < -0.3 is 5.73 Å². The molecule has 0 amide bonds. The predicted octanol–water partition coefficient (Wildman–Crippen LogP) is 1.08. The lowest BCUT2D eigenvalue weighted by molar-refractivity contribution is 0.0959. The van der Waals surface area contributed by atoms with E-state index in [0.717, 1.165) is 12.3 Å². The number of hydrogen-bond donors (Lipinski definition) is 1. The van der Waals surface area contributed by atoms with Crippen LogP contribution < -0.4 is 5.73 Å². The maximum atomic E-state index is 13.1. The van der Waals surface area contributed by atoms with Crippen molar-refractivity contribution in [2.24, 2.45) is 5.73 Å². The number of carbonyl (C=O) groups excluding carboxylic acids is 1. The number of aryl methyl sites for hydroxylation is 1. The molecule has 0 spiro atoms. The van der Waals surface area contributed by atoms with Gasteiger partial charge in [-0.05, 0) is 37.1 Å². The molecule has 0 aliphatic rings. The highest BCUT2D eigenvalue weighted by Crippen LogP contribution is 2.11. The standard InChI is InChI=1S/C12H16FNO3S/c1-8-5-9(7-10(13)6-8)12(15)11(14)3-4-18(2,16)17/h5-7,11H,3-4,14H2,1-2H3. The van der Waals surface area contributed by atoms with Gasteiger partial charge in [-0.2, -0.15) is 0 Å². The number of Topliss-reactive ketones (excluding diaryl/α,β-unsaturated/α-hetero) is 1. The van der Waals surface area contributed by atoms with E-state index in [1.165, 1.54) is 12.1 Å². The molecule has 1 rings (SSSR count). The van der Waals surface area contributed by atoms with Gasteiger partial charge in [0.25, 0.3) is 0 Å². The van der Waals surface area contributed by atoms with E-state index < -0.39 is 27.5 Å². The first kappa shape index (κ1) is 14.8. The number of sulfone groups is 1. The summed E-state index contributed by atoms with van der Waals surface area (Å²) < 4.78 is 35.1. The molecular formula is C12H16FNO3S. The molecule has 0 aromatic heterocycles. The second-order valence-corrected chi connectivity index (χ2v) is 6.67. The van der Waals surface area contributed by atoms with Crippen LogP contribution in [0.25, 0.3) is 0 Å². The van der Waals surface area contributed by atoms with Crippen molar-refractivity contribution in [1.82, 2.24) is 0 Å². The minimum Gasteiger partial charge on any atom is -0.321 e. The van der Waals surface area contributed by atoms with Crippen LogP contribution in [0.4, 0.5) is 4.39 Å². The molecule has 6 heteroatoms. The second kappa shape index (κ2) is 5.58. The zero-order valence-electron chi connectivity index (χ0n) is 10.3. The number of ketones is 1. The molecule has 2 N–H and O–H groups in total. The van der Waals surface area contributed by atoms with Crippen LogP contribution in [0.5, 0.6) is 0 Å². The van der Waals surface area contributed by atoms with Crippen LogP contribution in [0, 0.1) is 12.7 Å². The lowest BCUT2D eigenvalue weighted by Gasteiger charge is -2.10. The Kier molecular flexibility index (Phi) is 4.59. The Morgan fingerprint density at radius 1 is 1.39 bits per heavy atom. The number of rotatable bonds is 5.